The van der Waals surface area contributed by atoms with Crippen LogP contribution in [0.25, 0.3) is 0 Å². The maximum atomic E-state index is 10.5. The fraction of sp³-hybridized carbons (Fsp3) is 0.667. The third-order valence-corrected chi connectivity index (χ3v) is 2.34. The Morgan fingerprint density at radius 1 is 1.55 bits per heavy atom. The maximum absolute atomic E-state index is 10.5. The van der Waals surface area contributed by atoms with Crippen molar-refractivity contribution in [3.8, 4) is 0 Å². The fourth-order valence-electron chi connectivity index (χ4n) is 1.61. The monoisotopic (exact) mass is 153 g/mol. The van der Waals surface area contributed by atoms with Gasteiger partial charge in [0.05, 0.1) is 0 Å². The van der Waals surface area contributed by atoms with Gasteiger partial charge in [-0.3, -0.25) is 4.79 Å². The summed E-state index contributed by atoms with van der Waals surface area (Å²) < 4.78 is 0. The van der Waals surface area contributed by atoms with Crippen molar-refractivity contribution in [3.05, 3.63) is 11.3 Å². The fourth-order valence-corrected chi connectivity index (χ4v) is 1.61. The molecular weight excluding hydrogens is 138 g/mol. The van der Waals surface area contributed by atoms with E-state index in [0.29, 0.717) is 5.92 Å². The van der Waals surface area contributed by atoms with Crippen LogP contribution >= 0.6 is 0 Å². The van der Waals surface area contributed by atoms with E-state index in [-0.39, 0.29) is 0 Å². The van der Waals surface area contributed by atoms with Crippen molar-refractivity contribution in [1.29, 1.82) is 0 Å². The van der Waals surface area contributed by atoms with Gasteiger partial charge in [0.2, 0.25) is 6.41 Å². The zero-order chi connectivity index (χ0) is 8.43. The first-order valence-corrected chi connectivity index (χ1v) is 4.08. The molecule has 1 heterocycles. The molecule has 0 atom stereocenters. The van der Waals surface area contributed by atoms with E-state index < -0.39 is 0 Å². The van der Waals surface area contributed by atoms with Crippen LogP contribution in [0.2, 0.25) is 0 Å². The molecule has 2 nitrogen and oxygen atoms in total. The molecule has 0 aromatic rings. The van der Waals surface area contributed by atoms with Crippen LogP contribution in [0.5, 0.6) is 0 Å². The minimum Gasteiger partial charge on any atom is -0.319 e. The van der Waals surface area contributed by atoms with Gasteiger partial charge >= 0.3 is 0 Å². The minimum absolute atomic E-state index is 0.583. The first kappa shape index (κ1) is 8.31. The molecule has 0 aromatic heterocycles. The Morgan fingerprint density at radius 3 is 2.45 bits per heavy atom. The normalized spacial score (nSPS) is 18.4. The summed E-state index contributed by atoms with van der Waals surface area (Å²) in [5.74, 6) is 0.583. The number of hydrogen-bond donors (Lipinski definition) is 0. The van der Waals surface area contributed by atoms with Crippen LogP contribution in [0.4, 0.5) is 0 Å². The molecule has 0 bridgehead atoms. The number of nitrogens with zero attached hydrogens (tertiary/aromatic N) is 1. The average Bonchev–Trinajstić information content (AvgIpc) is 2.30. The van der Waals surface area contributed by atoms with Crippen molar-refractivity contribution in [2.45, 2.75) is 27.2 Å². The molecule has 0 unspecified atom stereocenters. The molecule has 0 N–H and O–H groups in total. The topological polar surface area (TPSA) is 20.3 Å². The van der Waals surface area contributed by atoms with E-state index in [0.717, 1.165) is 25.1 Å². The van der Waals surface area contributed by atoms with Crippen LogP contribution in [-0.2, 0) is 4.79 Å². The van der Waals surface area contributed by atoms with Crippen LogP contribution in [0.15, 0.2) is 11.3 Å². The Labute approximate surface area is 67.9 Å². The Morgan fingerprint density at radius 2 is 2.18 bits per heavy atom. The first-order valence-electron chi connectivity index (χ1n) is 4.08. The van der Waals surface area contributed by atoms with Gasteiger partial charge in [0.1, 0.15) is 0 Å². The molecule has 0 fully saturated rings. The Hall–Kier alpha value is -0.790. The molecule has 0 spiro atoms. The molecule has 1 amide bonds. The highest BCUT2D eigenvalue weighted by atomic mass is 16.1. The molecule has 0 saturated carbocycles. The minimum atomic E-state index is 0.583. The molecule has 62 valence electrons. The Kier molecular flexibility index (Phi) is 2.32. The standard InChI is InChI=1S/C9H15NO/c1-7(2)9-4-5-10(6-11)8(9)3/h6-7H,4-5H2,1-3H3. The van der Waals surface area contributed by atoms with Crippen molar-refractivity contribution in [3.63, 3.8) is 0 Å². The lowest BCUT2D eigenvalue weighted by molar-refractivity contribution is -0.116. The van der Waals surface area contributed by atoms with Gasteiger partial charge in [0, 0.05) is 12.2 Å². The van der Waals surface area contributed by atoms with Gasteiger partial charge < -0.3 is 4.90 Å². The van der Waals surface area contributed by atoms with E-state index in [1.54, 1.807) is 4.90 Å². The summed E-state index contributed by atoms with van der Waals surface area (Å²) in [6.07, 6.45) is 1.98. The largest absolute Gasteiger partial charge is 0.319 e. The summed E-state index contributed by atoms with van der Waals surface area (Å²) >= 11 is 0. The van der Waals surface area contributed by atoms with Gasteiger partial charge in [0.25, 0.3) is 0 Å². The van der Waals surface area contributed by atoms with Crippen LogP contribution in [0, 0.1) is 5.92 Å². The van der Waals surface area contributed by atoms with Crippen LogP contribution in [0.1, 0.15) is 27.2 Å². The summed E-state index contributed by atoms with van der Waals surface area (Å²) in [4.78, 5) is 12.3. The number of carbonyl (C=O) groups excluding carboxylic acids is 1. The predicted octanol–water partition coefficient (Wildman–Crippen LogP) is 1.78. The van der Waals surface area contributed by atoms with Gasteiger partial charge in [-0.1, -0.05) is 13.8 Å². The predicted molar refractivity (Wildman–Crippen MR) is 44.9 cm³/mol. The second-order valence-electron chi connectivity index (χ2n) is 3.31. The summed E-state index contributed by atoms with van der Waals surface area (Å²) in [7, 11) is 0. The zero-order valence-corrected chi connectivity index (χ0v) is 7.42. The van der Waals surface area contributed by atoms with E-state index in [1.807, 2.05) is 6.92 Å². The van der Waals surface area contributed by atoms with Crippen LogP contribution < -0.4 is 0 Å². The number of hydrogen-bond acceptors (Lipinski definition) is 1. The highest BCUT2D eigenvalue weighted by molar-refractivity contribution is 5.53. The molecule has 1 aliphatic rings. The van der Waals surface area contributed by atoms with E-state index >= 15 is 0 Å². The number of carbonyl (C=O) groups is 1. The Balaban J connectivity index is 2.79. The lowest BCUT2D eigenvalue weighted by Gasteiger charge is -2.10. The molecule has 11 heavy (non-hydrogen) atoms. The number of rotatable bonds is 2. The highest BCUT2D eigenvalue weighted by Gasteiger charge is 2.19. The molecule has 1 rings (SSSR count). The summed E-state index contributed by atoms with van der Waals surface area (Å²) in [6.45, 7) is 7.25. The van der Waals surface area contributed by atoms with Crippen molar-refractivity contribution in [1.82, 2.24) is 4.90 Å². The Bertz CT molecular complexity index is 194. The molecular formula is C9H15NO. The third-order valence-electron chi connectivity index (χ3n) is 2.34. The molecule has 0 saturated heterocycles. The summed E-state index contributed by atoms with van der Waals surface area (Å²) in [5, 5.41) is 0. The summed E-state index contributed by atoms with van der Waals surface area (Å²) in [5.41, 5.74) is 2.59. The van der Waals surface area contributed by atoms with Gasteiger partial charge in [0.15, 0.2) is 0 Å². The number of amides is 1. The van der Waals surface area contributed by atoms with E-state index in [4.69, 9.17) is 0 Å². The van der Waals surface area contributed by atoms with E-state index in [1.165, 1.54) is 5.57 Å². The molecule has 2 heteroatoms. The molecule has 0 aromatic carbocycles. The second kappa shape index (κ2) is 3.07. The number of allylic oxidation sites excluding steroid dienone is 1. The van der Waals surface area contributed by atoms with Gasteiger partial charge in [-0.25, -0.2) is 0 Å². The van der Waals surface area contributed by atoms with Gasteiger partial charge in [-0.2, -0.15) is 0 Å². The van der Waals surface area contributed by atoms with Crippen LogP contribution in [-0.4, -0.2) is 17.9 Å². The van der Waals surface area contributed by atoms with E-state index in [9.17, 15) is 4.79 Å². The van der Waals surface area contributed by atoms with E-state index in [2.05, 4.69) is 13.8 Å². The smallest absolute Gasteiger partial charge is 0.213 e. The molecule has 0 aliphatic carbocycles. The highest BCUT2D eigenvalue weighted by Crippen LogP contribution is 2.26. The van der Waals surface area contributed by atoms with Crippen LogP contribution in [0.3, 0.4) is 0 Å². The lowest BCUT2D eigenvalue weighted by Crippen LogP contribution is -2.15. The molecule has 0 radical (unpaired) electrons. The van der Waals surface area contributed by atoms with Gasteiger partial charge in [-0.05, 0) is 24.8 Å². The summed E-state index contributed by atoms with van der Waals surface area (Å²) in [6, 6.07) is 0. The first-order chi connectivity index (χ1) is 5.16. The quantitative estimate of drug-likeness (QED) is 0.554. The van der Waals surface area contributed by atoms with Gasteiger partial charge in [-0.15, -0.1) is 0 Å². The zero-order valence-electron chi connectivity index (χ0n) is 7.42. The third kappa shape index (κ3) is 1.44. The van der Waals surface area contributed by atoms with Crippen molar-refractivity contribution in [2.75, 3.05) is 6.54 Å². The lowest BCUT2D eigenvalue weighted by atomic mass is 10.0. The SMILES string of the molecule is CC1=C(C(C)C)CCN1C=O. The van der Waals surface area contributed by atoms with Crippen molar-refractivity contribution in [2.24, 2.45) is 5.92 Å². The second-order valence-corrected chi connectivity index (χ2v) is 3.31. The molecule has 1 aliphatic heterocycles. The average molecular weight is 153 g/mol. The van der Waals surface area contributed by atoms with Crippen molar-refractivity contribution < 1.29 is 4.79 Å². The van der Waals surface area contributed by atoms with Crippen molar-refractivity contribution >= 4 is 6.41 Å². The maximum Gasteiger partial charge on any atom is 0.213 e.